The number of rotatable bonds is 5. The average molecular weight is 433 g/mol. The largest absolute Gasteiger partial charge is 0.467 e. The number of furan rings is 1. The highest BCUT2D eigenvalue weighted by Gasteiger charge is 2.23. The van der Waals surface area contributed by atoms with E-state index in [-0.39, 0.29) is 11.0 Å². The molecule has 156 valence electrons. The Bertz CT molecular complexity index is 1310. The Morgan fingerprint density at radius 2 is 1.84 bits per heavy atom. The van der Waals surface area contributed by atoms with Crippen LogP contribution in [0.25, 0.3) is 11.3 Å². The predicted octanol–water partition coefficient (Wildman–Crippen LogP) is 5.68. The first-order chi connectivity index (χ1) is 14.9. The Kier molecular flexibility index (Phi) is 5.78. The van der Waals surface area contributed by atoms with Crippen molar-refractivity contribution in [2.75, 3.05) is 5.32 Å². The maximum Gasteiger partial charge on any atom is 0.261 e. The molecule has 0 unspecified atom stereocenters. The van der Waals surface area contributed by atoms with Crippen LogP contribution in [0, 0.1) is 13.8 Å². The third-order valence-electron chi connectivity index (χ3n) is 5.05. The molecular weight excluding hydrogens is 412 g/mol. The summed E-state index contributed by atoms with van der Waals surface area (Å²) in [5, 5.41) is 3.19. The Morgan fingerprint density at radius 1 is 1.03 bits per heavy atom. The Hall–Kier alpha value is -3.57. The number of nitrogens with zero attached hydrogens (tertiary/aromatic N) is 1. The molecule has 4 rings (SSSR count). The molecule has 0 saturated carbocycles. The van der Waals surface area contributed by atoms with Crippen molar-refractivity contribution in [1.82, 2.24) is 4.57 Å². The second-order valence-electron chi connectivity index (χ2n) is 7.34. The van der Waals surface area contributed by atoms with Gasteiger partial charge in [-0.05, 0) is 49.7 Å². The van der Waals surface area contributed by atoms with Crippen LogP contribution in [-0.2, 0) is 6.54 Å². The number of anilines is 1. The molecule has 4 aromatic rings. The van der Waals surface area contributed by atoms with Crippen molar-refractivity contribution in [3.05, 3.63) is 111 Å². The summed E-state index contributed by atoms with van der Waals surface area (Å²) in [4.78, 5) is 26.4. The van der Waals surface area contributed by atoms with Gasteiger partial charge in [0, 0.05) is 11.8 Å². The van der Waals surface area contributed by atoms with Crippen LogP contribution in [0.5, 0.6) is 0 Å². The van der Waals surface area contributed by atoms with Crippen molar-refractivity contribution in [2.24, 2.45) is 0 Å². The molecule has 1 N–H and O–H groups in total. The molecule has 0 saturated heterocycles. The van der Waals surface area contributed by atoms with Gasteiger partial charge in [-0.15, -0.1) is 0 Å². The number of aryl methyl sites for hydroxylation is 2. The number of pyridine rings is 1. The van der Waals surface area contributed by atoms with Crippen molar-refractivity contribution in [2.45, 2.75) is 20.4 Å². The van der Waals surface area contributed by atoms with Gasteiger partial charge < -0.3 is 14.3 Å². The zero-order valence-electron chi connectivity index (χ0n) is 17.2. The number of para-hydroxylation sites is 1. The van der Waals surface area contributed by atoms with E-state index >= 15 is 0 Å². The molecule has 1 amide bonds. The molecule has 2 aromatic carbocycles. The van der Waals surface area contributed by atoms with Gasteiger partial charge in [-0.3, -0.25) is 9.59 Å². The van der Waals surface area contributed by atoms with Gasteiger partial charge >= 0.3 is 0 Å². The van der Waals surface area contributed by atoms with Crippen molar-refractivity contribution in [3.63, 3.8) is 0 Å². The Morgan fingerprint density at radius 3 is 2.55 bits per heavy atom. The summed E-state index contributed by atoms with van der Waals surface area (Å²) < 4.78 is 7.46. The maximum absolute atomic E-state index is 13.3. The lowest BCUT2D eigenvalue weighted by atomic mass is 10.0. The fraction of sp³-hybridized carbons (Fsp3) is 0.120. The van der Waals surface area contributed by atoms with Crippen LogP contribution < -0.4 is 10.7 Å². The zero-order chi connectivity index (χ0) is 22.0. The lowest BCUT2D eigenvalue weighted by Crippen LogP contribution is -2.27. The van der Waals surface area contributed by atoms with Gasteiger partial charge in [-0.1, -0.05) is 47.5 Å². The van der Waals surface area contributed by atoms with Crippen molar-refractivity contribution in [3.8, 4) is 11.3 Å². The molecular formula is C25H21ClN2O3. The number of carbonyl (C=O) groups excluding carboxylic acids is 1. The van der Waals surface area contributed by atoms with Crippen LogP contribution in [0.1, 0.15) is 27.4 Å². The quantitative estimate of drug-likeness (QED) is 0.441. The summed E-state index contributed by atoms with van der Waals surface area (Å²) >= 11 is 6.21. The van der Waals surface area contributed by atoms with Crippen LogP contribution in [0.15, 0.2) is 82.2 Å². The first-order valence-electron chi connectivity index (χ1n) is 9.84. The summed E-state index contributed by atoms with van der Waals surface area (Å²) in [6, 6.07) is 19.8. The van der Waals surface area contributed by atoms with E-state index in [2.05, 4.69) is 5.32 Å². The van der Waals surface area contributed by atoms with Crippen LogP contribution >= 0.6 is 11.6 Å². The topological polar surface area (TPSA) is 64.2 Å². The third kappa shape index (κ3) is 4.32. The fourth-order valence-corrected chi connectivity index (χ4v) is 3.77. The maximum atomic E-state index is 13.3. The van der Waals surface area contributed by atoms with Gasteiger partial charge in [0.15, 0.2) is 5.43 Å². The summed E-state index contributed by atoms with van der Waals surface area (Å²) in [6.07, 6.45) is 1.60. The van der Waals surface area contributed by atoms with E-state index in [9.17, 15) is 9.59 Å². The third-order valence-corrected chi connectivity index (χ3v) is 5.38. The minimum absolute atomic E-state index is 0.0580. The van der Waals surface area contributed by atoms with E-state index < -0.39 is 5.91 Å². The highest BCUT2D eigenvalue weighted by Crippen LogP contribution is 2.27. The van der Waals surface area contributed by atoms with Gasteiger partial charge in [0.05, 0.1) is 29.2 Å². The smallest absolute Gasteiger partial charge is 0.261 e. The van der Waals surface area contributed by atoms with Gasteiger partial charge in [-0.25, -0.2) is 0 Å². The SMILES string of the molecule is Cc1cccc(-c2c(C(=O)Nc3ccccc3Cl)c(=O)cc(C)n2Cc2ccco2)c1. The molecule has 0 fully saturated rings. The second-order valence-corrected chi connectivity index (χ2v) is 7.75. The molecule has 0 aliphatic rings. The van der Waals surface area contributed by atoms with E-state index in [1.807, 2.05) is 54.8 Å². The Labute approximate surface area is 184 Å². The normalized spacial score (nSPS) is 10.8. The molecule has 5 nitrogen and oxygen atoms in total. The van der Waals surface area contributed by atoms with E-state index in [1.165, 1.54) is 6.07 Å². The standard InChI is InChI=1S/C25H21ClN2O3/c1-16-7-5-8-18(13-16)24-23(25(30)27-21-11-4-3-10-20(21)26)22(29)14-17(2)28(24)15-19-9-6-12-31-19/h3-14H,15H2,1-2H3,(H,27,30). The molecule has 6 heteroatoms. The van der Waals surface area contributed by atoms with Crippen LogP contribution in [-0.4, -0.2) is 10.5 Å². The van der Waals surface area contributed by atoms with Crippen LogP contribution in [0.2, 0.25) is 5.02 Å². The number of benzene rings is 2. The first-order valence-corrected chi connectivity index (χ1v) is 10.2. The predicted molar refractivity (Wildman–Crippen MR) is 123 cm³/mol. The van der Waals surface area contributed by atoms with Gasteiger partial charge in [-0.2, -0.15) is 0 Å². The van der Waals surface area contributed by atoms with Gasteiger partial charge in [0.2, 0.25) is 0 Å². The minimum Gasteiger partial charge on any atom is -0.467 e. The van der Waals surface area contributed by atoms with E-state index in [0.29, 0.717) is 22.9 Å². The van der Waals surface area contributed by atoms with Gasteiger partial charge in [0.25, 0.3) is 5.91 Å². The minimum atomic E-state index is -0.511. The molecule has 2 heterocycles. The monoisotopic (exact) mass is 432 g/mol. The second kappa shape index (κ2) is 8.66. The van der Waals surface area contributed by atoms with Crippen molar-refractivity contribution < 1.29 is 9.21 Å². The summed E-state index contributed by atoms with van der Waals surface area (Å²) in [6.45, 7) is 4.20. The molecule has 0 aliphatic heterocycles. The van der Waals surface area contributed by atoms with E-state index in [1.54, 1.807) is 30.5 Å². The molecule has 0 aliphatic carbocycles. The Balaban J connectivity index is 1.92. The number of hydrogen-bond donors (Lipinski definition) is 1. The fourth-order valence-electron chi connectivity index (χ4n) is 3.59. The van der Waals surface area contributed by atoms with Crippen LogP contribution in [0.4, 0.5) is 5.69 Å². The van der Waals surface area contributed by atoms with Gasteiger partial charge in [0.1, 0.15) is 11.3 Å². The zero-order valence-corrected chi connectivity index (χ0v) is 17.9. The number of aromatic nitrogens is 1. The summed E-state index contributed by atoms with van der Waals surface area (Å²) in [5.41, 5.74) is 3.21. The number of nitrogens with one attached hydrogen (secondary N) is 1. The molecule has 0 atom stereocenters. The molecule has 0 radical (unpaired) electrons. The molecule has 0 bridgehead atoms. The van der Waals surface area contributed by atoms with Crippen LogP contribution in [0.3, 0.4) is 0 Å². The molecule has 0 spiro atoms. The van der Waals surface area contributed by atoms with Crippen molar-refractivity contribution >= 4 is 23.2 Å². The molecule has 31 heavy (non-hydrogen) atoms. The highest BCUT2D eigenvalue weighted by atomic mass is 35.5. The number of hydrogen-bond acceptors (Lipinski definition) is 3. The number of carbonyl (C=O) groups is 1. The van der Waals surface area contributed by atoms with E-state index in [0.717, 1.165) is 22.6 Å². The molecule has 2 aromatic heterocycles. The highest BCUT2D eigenvalue weighted by molar-refractivity contribution is 6.34. The number of amides is 1. The lowest BCUT2D eigenvalue weighted by Gasteiger charge is -2.20. The first kappa shape index (κ1) is 20.7. The lowest BCUT2D eigenvalue weighted by molar-refractivity contribution is 0.102. The van der Waals surface area contributed by atoms with E-state index in [4.69, 9.17) is 16.0 Å². The van der Waals surface area contributed by atoms with Crippen molar-refractivity contribution in [1.29, 1.82) is 0 Å². The summed E-state index contributed by atoms with van der Waals surface area (Å²) in [5.74, 6) is 0.209. The average Bonchev–Trinajstić information content (AvgIpc) is 3.24. The number of halogens is 1. The summed E-state index contributed by atoms with van der Waals surface area (Å²) in [7, 11) is 0.